The molecule has 1 fully saturated rings. The number of anilines is 1. The van der Waals surface area contributed by atoms with E-state index < -0.39 is 5.97 Å². The van der Waals surface area contributed by atoms with Crippen molar-refractivity contribution in [2.45, 2.75) is 12.8 Å². The molecule has 4 rings (SSSR count). The van der Waals surface area contributed by atoms with Gasteiger partial charge in [-0.1, -0.05) is 36.4 Å². The number of halogens is 1. The molecule has 1 aliphatic rings. The molecule has 0 radical (unpaired) electrons. The zero-order valence-corrected chi connectivity index (χ0v) is 14.6. The van der Waals surface area contributed by atoms with Gasteiger partial charge < -0.3 is 14.4 Å². The van der Waals surface area contributed by atoms with Gasteiger partial charge in [-0.2, -0.15) is 4.98 Å². The second kappa shape index (κ2) is 7.23. The lowest BCUT2D eigenvalue weighted by molar-refractivity contribution is -0.141. The van der Waals surface area contributed by atoms with Crippen LogP contribution in [0, 0.1) is 11.7 Å². The molecular formula is C21H19FN2O3. The van der Waals surface area contributed by atoms with Crippen LogP contribution in [-0.2, 0) is 4.79 Å². The minimum Gasteiger partial charge on any atom is -0.481 e. The summed E-state index contributed by atoms with van der Waals surface area (Å²) in [6.07, 6.45) is 3.08. The van der Waals surface area contributed by atoms with Crippen molar-refractivity contribution in [1.29, 1.82) is 0 Å². The topological polar surface area (TPSA) is 66.6 Å². The third kappa shape index (κ3) is 3.69. The normalized spacial score (nSPS) is 17.1. The molecule has 138 valence electrons. The first-order chi connectivity index (χ1) is 13.1. The predicted molar refractivity (Wildman–Crippen MR) is 99.9 cm³/mol. The average Bonchev–Trinajstić information content (AvgIpc) is 3.19. The summed E-state index contributed by atoms with van der Waals surface area (Å²) in [7, 11) is 0. The predicted octanol–water partition coefficient (Wildman–Crippen LogP) is 4.45. The van der Waals surface area contributed by atoms with Gasteiger partial charge in [-0.05, 0) is 36.1 Å². The Kier molecular flexibility index (Phi) is 4.62. The van der Waals surface area contributed by atoms with Gasteiger partial charge in [-0.25, -0.2) is 4.39 Å². The van der Waals surface area contributed by atoms with Crippen LogP contribution in [0.25, 0.3) is 22.4 Å². The number of carboxylic acids is 1. The number of oxazole rings is 1. The van der Waals surface area contributed by atoms with Crippen molar-refractivity contribution in [3.8, 4) is 22.4 Å². The molecule has 1 atom stereocenters. The summed E-state index contributed by atoms with van der Waals surface area (Å²) in [5, 5.41) is 9.22. The van der Waals surface area contributed by atoms with Crippen molar-refractivity contribution < 1.29 is 18.7 Å². The Bertz CT molecular complexity index is 935. The second-order valence-corrected chi connectivity index (χ2v) is 6.72. The van der Waals surface area contributed by atoms with Crippen LogP contribution in [0.15, 0.2) is 59.2 Å². The number of aromatic nitrogens is 1. The first-order valence-electron chi connectivity index (χ1n) is 8.90. The SMILES string of the molecule is O=C(O)C1CCCN(c2nc(-c3ccc(-c4ccc(F)cc4)cc3)co2)C1. The zero-order chi connectivity index (χ0) is 18.8. The number of nitrogens with zero attached hydrogens (tertiary/aromatic N) is 2. The Balaban J connectivity index is 1.51. The summed E-state index contributed by atoms with van der Waals surface area (Å²) in [4.78, 5) is 17.6. The summed E-state index contributed by atoms with van der Waals surface area (Å²) in [6.45, 7) is 1.16. The summed E-state index contributed by atoms with van der Waals surface area (Å²) in [6, 6.07) is 14.6. The fourth-order valence-corrected chi connectivity index (χ4v) is 3.37. The van der Waals surface area contributed by atoms with E-state index in [1.165, 1.54) is 12.1 Å². The molecule has 5 nitrogen and oxygen atoms in total. The minimum atomic E-state index is -0.775. The molecule has 1 unspecified atom stereocenters. The lowest BCUT2D eigenvalue weighted by Gasteiger charge is -2.29. The lowest BCUT2D eigenvalue weighted by Crippen LogP contribution is -2.38. The summed E-state index contributed by atoms with van der Waals surface area (Å²) < 4.78 is 18.7. The Morgan fingerprint density at radius 3 is 2.37 bits per heavy atom. The lowest BCUT2D eigenvalue weighted by atomic mass is 9.99. The van der Waals surface area contributed by atoms with E-state index in [1.54, 1.807) is 18.4 Å². The van der Waals surface area contributed by atoms with Crippen LogP contribution in [0.5, 0.6) is 0 Å². The van der Waals surface area contributed by atoms with Crippen molar-refractivity contribution in [3.63, 3.8) is 0 Å². The van der Waals surface area contributed by atoms with Crippen LogP contribution < -0.4 is 4.90 Å². The van der Waals surface area contributed by atoms with Gasteiger partial charge in [-0.15, -0.1) is 0 Å². The Morgan fingerprint density at radius 1 is 1.07 bits per heavy atom. The second-order valence-electron chi connectivity index (χ2n) is 6.72. The van der Waals surface area contributed by atoms with Crippen LogP contribution in [0.4, 0.5) is 10.4 Å². The van der Waals surface area contributed by atoms with Crippen molar-refractivity contribution >= 4 is 12.0 Å². The van der Waals surface area contributed by atoms with Gasteiger partial charge >= 0.3 is 5.97 Å². The van der Waals surface area contributed by atoms with Crippen molar-refractivity contribution in [1.82, 2.24) is 4.98 Å². The average molecular weight is 366 g/mol. The first kappa shape index (κ1) is 17.3. The molecule has 0 amide bonds. The van der Waals surface area contributed by atoms with E-state index in [4.69, 9.17) is 4.42 Å². The van der Waals surface area contributed by atoms with Crippen LogP contribution in [0.3, 0.4) is 0 Å². The maximum absolute atomic E-state index is 13.1. The molecular weight excluding hydrogens is 347 g/mol. The Labute approximate surface area is 156 Å². The van der Waals surface area contributed by atoms with Gasteiger partial charge in [0.25, 0.3) is 6.01 Å². The zero-order valence-electron chi connectivity index (χ0n) is 14.6. The fourth-order valence-electron chi connectivity index (χ4n) is 3.37. The Morgan fingerprint density at radius 2 is 1.70 bits per heavy atom. The number of carbonyl (C=O) groups is 1. The molecule has 1 saturated heterocycles. The molecule has 0 aliphatic carbocycles. The number of piperidine rings is 1. The maximum Gasteiger partial charge on any atom is 0.308 e. The molecule has 1 N–H and O–H groups in total. The van der Waals surface area contributed by atoms with Crippen LogP contribution >= 0.6 is 0 Å². The van der Waals surface area contributed by atoms with E-state index in [0.29, 0.717) is 24.7 Å². The summed E-state index contributed by atoms with van der Waals surface area (Å²) >= 11 is 0. The van der Waals surface area contributed by atoms with E-state index in [1.807, 2.05) is 29.2 Å². The quantitative estimate of drug-likeness (QED) is 0.739. The monoisotopic (exact) mass is 366 g/mol. The molecule has 3 aromatic rings. The van der Waals surface area contributed by atoms with E-state index in [0.717, 1.165) is 29.7 Å². The standard InChI is InChI=1S/C21H19FN2O3/c22-18-9-7-15(8-10-18)14-3-5-16(6-4-14)19-13-27-21(23-19)24-11-1-2-17(12-24)20(25)26/h3-10,13,17H,1-2,11-12H2,(H,25,26). The number of hydrogen-bond donors (Lipinski definition) is 1. The fraction of sp³-hybridized carbons (Fsp3) is 0.238. The summed E-state index contributed by atoms with van der Waals surface area (Å²) in [5.74, 6) is -1.42. The number of aliphatic carboxylic acids is 1. The van der Waals surface area contributed by atoms with Crippen molar-refractivity contribution in [3.05, 3.63) is 60.6 Å². The van der Waals surface area contributed by atoms with Crippen molar-refractivity contribution in [2.75, 3.05) is 18.0 Å². The highest BCUT2D eigenvalue weighted by Crippen LogP contribution is 2.28. The highest BCUT2D eigenvalue weighted by Gasteiger charge is 2.27. The molecule has 6 heteroatoms. The number of hydrogen-bond acceptors (Lipinski definition) is 4. The maximum atomic E-state index is 13.1. The summed E-state index contributed by atoms with van der Waals surface area (Å²) in [5.41, 5.74) is 3.54. The van der Waals surface area contributed by atoms with Gasteiger partial charge in [-0.3, -0.25) is 4.79 Å². The van der Waals surface area contributed by atoms with Gasteiger partial charge in [0.2, 0.25) is 0 Å². The number of benzene rings is 2. The molecule has 2 aromatic carbocycles. The third-order valence-electron chi connectivity index (χ3n) is 4.89. The third-order valence-corrected chi connectivity index (χ3v) is 4.89. The van der Waals surface area contributed by atoms with Crippen LogP contribution in [-0.4, -0.2) is 29.1 Å². The minimum absolute atomic E-state index is 0.256. The van der Waals surface area contributed by atoms with Gasteiger partial charge in [0, 0.05) is 18.7 Å². The molecule has 1 aliphatic heterocycles. The van der Waals surface area contributed by atoms with Crippen molar-refractivity contribution in [2.24, 2.45) is 5.92 Å². The highest BCUT2D eigenvalue weighted by atomic mass is 19.1. The Hall–Kier alpha value is -3.15. The van der Waals surface area contributed by atoms with E-state index in [2.05, 4.69) is 4.98 Å². The van der Waals surface area contributed by atoms with Crippen LogP contribution in [0.1, 0.15) is 12.8 Å². The number of carboxylic acid groups (broad SMARTS) is 1. The van der Waals surface area contributed by atoms with Gasteiger partial charge in [0.15, 0.2) is 0 Å². The molecule has 0 bridgehead atoms. The van der Waals surface area contributed by atoms with E-state index >= 15 is 0 Å². The molecule has 0 saturated carbocycles. The molecule has 1 aromatic heterocycles. The number of rotatable bonds is 4. The van der Waals surface area contributed by atoms with Gasteiger partial charge in [0.1, 0.15) is 17.8 Å². The van der Waals surface area contributed by atoms with E-state index in [9.17, 15) is 14.3 Å². The molecule has 27 heavy (non-hydrogen) atoms. The van der Waals surface area contributed by atoms with Crippen LogP contribution in [0.2, 0.25) is 0 Å². The van der Waals surface area contributed by atoms with E-state index in [-0.39, 0.29) is 11.7 Å². The highest BCUT2D eigenvalue weighted by molar-refractivity contribution is 5.71. The first-order valence-corrected chi connectivity index (χ1v) is 8.90. The molecule has 2 heterocycles. The smallest absolute Gasteiger partial charge is 0.308 e. The van der Waals surface area contributed by atoms with Gasteiger partial charge in [0.05, 0.1) is 5.92 Å². The largest absolute Gasteiger partial charge is 0.481 e. The molecule has 0 spiro atoms.